The summed E-state index contributed by atoms with van der Waals surface area (Å²) in [7, 11) is 4.00. The van der Waals surface area contributed by atoms with Crippen LogP contribution in [0.25, 0.3) is 0 Å². The van der Waals surface area contributed by atoms with Crippen molar-refractivity contribution in [2.45, 2.75) is 32.7 Å². The van der Waals surface area contributed by atoms with E-state index in [4.69, 9.17) is 14.5 Å². The van der Waals surface area contributed by atoms with Gasteiger partial charge in [-0.15, -0.1) is 0 Å². The monoisotopic (exact) mass is 377 g/mol. The van der Waals surface area contributed by atoms with Gasteiger partial charge >= 0.3 is 0 Å². The molecule has 0 atom stereocenters. The molecule has 0 spiro atoms. The Morgan fingerprint density at radius 1 is 1.33 bits per heavy atom. The highest BCUT2D eigenvalue weighted by molar-refractivity contribution is 5.79. The maximum Gasteiger partial charge on any atom is 0.191 e. The molecule has 2 heterocycles. The number of ether oxygens (including phenoxy) is 2. The molecule has 0 radical (unpaired) electrons. The van der Waals surface area contributed by atoms with Gasteiger partial charge in [-0.05, 0) is 38.2 Å². The highest BCUT2D eigenvalue weighted by atomic mass is 16.5. The van der Waals surface area contributed by atoms with Crippen LogP contribution >= 0.6 is 0 Å². The van der Waals surface area contributed by atoms with Crippen LogP contribution in [0.1, 0.15) is 31.7 Å². The molecule has 0 unspecified atom stereocenters. The van der Waals surface area contributed by atoms with Crippen LogP contribution in [0.2, 0.25) is 0 Å². The number of nitrogens with zero attached hydrogens (tertiary/aromatic N) is 3. The standard InChI is InChI=1S/C20H35N5O2/c1-4-21-20(24-15-18-7-5-10-22-19(18)25(2)3)23-11-6-12-27-16-17-8-13-26-14-9-17/h5,7,10,17H,4,6,8-9,11-16H2,1-3H3,(H2,21,23,24). The van der Waals surface area contributed by atoms with E-state index < -0.39 is 0 Å². The van der Waals surface area contributed by atoms with Crippen molar-refractivity contribution < 1.29 is 9.47 Å². The molecule has 7 nitrogen and oxygen atoms in total. The van der Waals surface area contributed by atoms with Gasteiger partial charge in [-0.25, -0.2) is 9.98 Å². The minimum Gasteiger partial charge on any atom is -0.381 e. The minimum atomic E-state index is 0.594. The van der Waals surface area contributed by atoms with Crippen molar-refractivity contribution >= 4 is 11.8 Å². The van der Waals surface area contributed by atoms with E-state index in [1.807, 2.05) is 31.3 Å². The number of aromatic nitrogens is 1. The van der Waals surface area contributed by atoms with Crippen LogP contribution in [0.4, 0.5) is 5.82 Å². The smallest absolute Gasteiger partial charge is 0.191 e. The van der Waals surface area contributed by atoms with Gasteiger partial charge in [-0.2, -0.15) is 0 Å². The molecule has 1 fully saturated rings. The van der Waals surface area contributed by atoms with Crippen molar-refractivity contribution in [2.24, 2.45) is 10.9 Å². The number of anilines is 1. The number of hydrogen-bond acceptors (Lipinski definition) is 5. The van der Waals surface area contributed by atoms with Gasteiger partial charge in [0.15, 0.2) is 5.96 Å². The molecule has 0 amide bonds. The third-order valence-corrected chi connectivity index (χ3v) is 4.50. The first-order valence-corrected chi connectivity index (χ1v) is 9.99. The van der Waals surface area contributed by atoms with Gasteiger partial charge in [0, 0.05) is 65.4 Å². The fourth-order valence-corrected chi connectivity index (χ4v) is 3.01. The highest BCUT2D eigenvalue weighted by Gasteiger charge is 2.13. The number of pyridine rings is 1. The highest BCUT2D eigenvalue weighted by Crippen LogP contribution is 2.15. The third-order valence-electron chi connectivity index (χ3n) is 4.50. The van der Waals surface area contributed by atoms with E-state index in [0.717, 1.165) is 76.1 Å². The first-order valence-electron chi connectivity index (χ1n) is 9.99. The largest absolute Gasteiger partial charge is 0.381 e. The Balaban J connectivity index is 1.70. The first-order chi connectivity index (χ1) is 13.2. The van der Waals surface area contributed by atoms with Crippen molar-refractivity contribution in [1.82, 2.24) is 15.6 Å². The predicted octanol–water partition coefficient (Wildman–Crippen LogP) is 2.04. The topological polar surface area (TPSA) is 71.0 Å². The fourth-order valence-electron chi connectivity index (χ4n) is 3.01. The second kappa shape index (κ2) is 12.5. The zero-order valence-corrected chi connectivity index (χ0v) is 17.0. The maximum atomic E-state index is 5.82. The Bertz CT molecular complexity index is 559. The fraction of sp³-hybridized carbons (Fsp3) is 0.700. The number of nitrogens with one attached hydrogen (secondary N) is 2. The van der Waals surface area contributed by atoms with Crippen LogP contribution in [0, 0.1) is 5.92 Å². The van der Waals surface area contributed by atoms with Crippen molar-refractivity contribution in [3.05, 3.63) is 23.9 Å². The van der Waals surface area contributed by atoms with E-state index in [1.165, 1.54) is 0 Å². The quantitative estimate of drug-likeness (QED) is 0.369. The van der Waals surface area contributed by atoms with E-state index in [9.17, 15) is 0 Å². The summed E-state index contributed by atoms with van der Waals surface area (Å²) in [5, 5.41) is 6.68. The molecule has 0 saturated carbocycles. The lowest BCUT2D eigenvalue weighted by Crippen LogP contribution is -2.38. The first kappa shape index (κ1) is 21.4. The van der Waals surface area contributed by atoms with Crippen molar-refractivity contribution in [2.75, 3.05) is 58.5 Å². The molecule has 0 bridgehead atoms. The van der Waals surface area contributed by atoms with Crippen LogP contribution in [0.3, 0.4) is 0 Å². The van der Waals surface area contributed by atoms with E-state index in [-0.39, 0.29) is 0 Å². The van der Waals surface area contributed by atoms with Gasteiger partial charge in [-0.1, -0.05) is 6.07 Å². The van der Waals surface area contributed by atoms with Gasteiger partial charge in [0.25, 0.3) is 0 Å². The van der Waals surface area contributed by atoms with Gasteiger partial charge in [0.05, 0.1) is 6.54 Å². The number of rotatable bonds is 10. The van der Waals surface area contributed by atoms with Crippen molar-refractivity contribution in [1.29, 1.82) is 0 Å². The molecule has 1 aromatic rings. The second-order valence-electron chi connectivity index (χ2n) is 6.99. The third kappa shape index (κ3) is 8.13. The number of guanidine groups is 1. The van der Waals surface area contributed by atoms with E-state index >= 15 is 0 Å². The van der Waals surface area contributed by atoms with Gasteiger partial charge in [0.1, 0.15) is 5.82 Å². The molecular formula is C20H35N5O2. The summed E-state index contributed by atoms with van der Waals surface area (Å²) < 4.78 is 11.2. The van der Waals surface area contributed by atoms with E-state index in [0.29, 0.717) is 12.5 Å². The molecule has 0 aromatic carbocycles. The molecule has 1 aromatic heterocycles. The molecule has 2 rings (SSSR count). The summed E-state index contributed by atoms with van der Waals surface area (Å²) in [6.45, 7) is 7.73. The van der Waals surface area contributed by atoms with Crippen LogP contribution in [-0.2, 0) is 16.0 Å². The summed E-state index contributed by atoms with van der Waals surface area (Å²) in [5.41, 5.74) is 1.11. The Hall–Kier alpha value is -1.86. The number of hydrogen-bond donors (Lipinski definition) is 2. The van der Waals surface area contributed by atoms with E-state index in [2.05, 4.69) is 28.6 Å². The van der Waals surface area contributed by atoms with Crippen LogP contribution in [0.5, 0.6) is 0 Å². The molecule has 152 valence electrons. The molecule has 27 heavy (non-hydrogen) atoms. The summed E-state index contributed by atoms with van der Waals surface area (Å²) in [6.07, 6.45) is 5.02. The average molecular weight is 378 g/mol. The summed E-state index contributed by atoms with van der Waals surface area (Å²) >= 11 is 0. The molecule has 1 aliphatic heterocycles. The molecule has 0 aliphatic carbocycles. The summed E-state index contributed by atoms with van der Waals surface area (Å²) in [4.78, 5) is 11.1. The van der Waals surface area contributed by atoms with Gasteiger partial charge in [-0.3, -0.25) is 0 Å². The van der Waals surface area contributed by atoms with Gasteiger partial charge in [0.2, 0.25) is 0 Å². The van der Waals surface area contributed by atoms with Crippen molar-refractivity contribution in [3.63, 3.8) is 0 Å². The molecule has 1 aliphatic rings. The average Bonchev–Trinajstić information content (AvgIpc) is 2.69. The molecular weight excluding hydrogens is 342 g/mol. The van der Waals surface area contributed by atoms with Gasteiger partial charge < -0.3 is 25.0 Å². The SMILES string of the molecule is CCNC(=NCc1cccnc1N(C)C)NCCCOCC1CCOCC1. The zero-order chi connectivity index (χ0) is 19.3. The number of aliphatic imine (C=N–C) groups is 1. The second-order valence-corrected chi connectivity index (χ2v) is 6.99. The Labute approximate surface area is 163 Å². The Kier molecular flexibility index (Phi) is 9.94. The zero-order valence-electron chi connectivity index (χ0n) is 17.0. The van der Waals surface area contributed by atoms with Crippen LogP contribution in [-0.4, -0.2) is 64.6 Å². The van der Waals surface area contributed by atoms with Crippen LogP contribution < -0.4 is 15.5 Å². The van der Waals surface area contributed by atoms with Crippen LogP contribution in [0.15, 0.2) is 23.3 Å². The Morgan fingerprint density at radius 3 is 2.89 bits per heavy atom. The Morgan fingerprint density at radius 2 is 2.15 bits per heavy atom. The summed E-state index contributed by atoms with van der Waals surface area (Å²) in [6, 6.07) is 4.02. The summed E-state index contributed by atoms with van der Waals surface area (Å²) in [5.74, 6) is 2.45. The van der Waals surface area contributed by atoms with Crippen molar-refractivity contribution in [3.8, 4) is 0 Å². The molecule has 1 saturated heterocycles. The normalized spacial score (nSPS) is 15.6. The molecule has 7 heteroatoms. The minimum absolute atomic E-state index is 0.594. The predicted molar refractivity (Wildman–Crippen MR) is 110 cm³/mol. The maximum absolute atomic E-state index is 5.82. The van der Waals surface area contributed by atoms with E-state index in [1.54, 1.807) is 0 Å². The lowest BCUT2D eigenvalue weighted by Gasteiger charge is -2.21. The lowest BCUT2D eigenvalue weighted by molar-refractivity contribution is 0.0203. The lowest BCUT2D eigenvalue weighted by atomic mass is 10.0. The molecule has 2 N–H and O–H groups in total.